The number of aromatic nitrogens is 1. The average molecular weight is 313 g/mol. The van der Waals surface area contributed by atoms with Gasteiger partial charge in [0.05, 0.1) is 5.56 Å². The molecule has 1 heterocycles. The zero-order valence-electron chi connectivity index (χ0n) is 10.0. The summed E-state index contributed by atoms with van der Waals surface area (Å²) in [5.74, 6) is -0.606. The first-order chi connectivity index (χ1) is 9.38. The molecule has 0 atom stereocenters. The number of halogens is 2. The van der Waals surface area contributed by atoms with E-state index in [-0.39, 0.29) is 11.4 Å². The van der Waals surface area contributed by atoms with E-state index < -0.39 is 11.9 Å². The molecule has 1 aromatic carbocycles. The summed E-state index contributed by atoms with van der Waals surface area (Å²) >= 11 is 12.0. The van der Waals surface area contributed by atoms with Gasteiger partial charge in [-0.3, -0.25) is 10.1 Å². The molecule has 2 aromatic rings. The van der Waals surface area contributed by atoms with Gasteiger partial charge in [0.25, 0.3) is 5.91 Å². The number of rotatable bonds is 3. The molecule has 8 heteroatoms. The van der Waals surface area contributed by atoms with Crippen molar-refractivity contribution >= 4 is 41.0 Å². The average Bonchev–Trinajstić information content (AvgIpc) is 2.75. The largest absolute Gasteiger partial charge is 0.365 e. The Kier molecular flexibility index (Phi) is 3.87. The maximum atomic E-state index is 11.4. The van der Waals surface area contributed by atoms with Crippen molar-refractivity contribution in [3.05, 3.63) is 39.9 Å². The highest BCUT2D eigenvalue weighted by molar-refractivity contribution is 6.35. The van der Waals surface area contributed by atoms with E-state index in [4.69, 9.17) is 34.7 Å². The minimum atomic E-state index is -0.821. The van der Waals surface area contributed by atoms with Crippen LogP contribution in [-0.2, 0) is 0 Å². The van der Waals surface area contributed by atoms with E-state index in [0.717, 1.165) is 0 Å². The summed E-state index contributed by atoms with van der Waals surface area (Å²) in [4.78, 5) is 25.1. The number of H-pyrrole nitrogens is 1. The molecule has 20 heavy (non-hydrogen) atoms. The molecule has 104 valence electrons. The number of urea groups is 1. The Morgan fingerprint density at radius 2 is 1.85 bits per heavy atom. The van der Waals surface area contributed by atoms with Crippen molar-refractivity contribution in [1.29, 1.82) is 0 Å². The maximum Gasteiger partial charge on any atom is 0.317 e. The summed E-state index contributed by atoms with van der Waals surface area (Å²) in [6.07, 6.45) is 0. The third kappa shape index (κ3) is 2.87. The number of primary amides is 2. The van der Waals surface area contributed by atoms with Crippen LogP contribution < -0.4 is 16.8 Å². The summed E-state index contributed by atoms with van der Waals surface area (Å²) in [6, 6.07) is 5.51. The lowest BCUT2D eigenvalue weighted by Gasteiger charge is -2.03. The molecule has 0 saturated heterocycles. The molecular formula is C12H10Cl2N4O2. The molecule has 0 unspecified atom stereocenters. The van der Waals surface area contributed by atoms with E-state index in [0.29, 0.717) is 21.3 Å². The van der Waals surface area contributed by atoms with E-state index in [1.54, 1.807) is 18.2 Å². The van der Waals surface area contributed by atoms with Crippen molar-refractivity contribution in [1.82, 2.24) is 4.98 Å². The van der Waals surface area contributed by atoms with Crippen LogP contribution in [0.2, 0.25) is 10.0 Å². The van der Waals surface area contributed by atoms with Gasteiger partial charge in [0, 0.05) is 21.3 Å². The minimum Gasteiger partial charge on any atom is -0.365 e. The zero-order valence-corrected chi connectivity index (χ0v) is 11.5. The molecule has 0 aliphatic carbocycles. The van der Waals surface area contributed by atoms with E-state index >= 15 is 0 Å². The fourth-order valence-corrected chi connectivity index (χ4v) is 2.11. The van der Waals surface area contributed by atoms with Gasteiger partial charge in [-0.1, -0.05) is 23.2 Å². The van der Waals surface area contributed by atoms with Gasteiger partial charge in [0.1, 0.15) is 5.82 Å². The second-order valence-electron chi connectivity index (χ2n) is 3.95. The highest BCUT2D eigenvalue weighted by Crippen LogP contribution is 2.32. The molecule has 0 bridgehead atoms. The van der Waals surface area contributed by atoms with Crippen LogP contribution in [0, 0.1) is 0 Å². The van der Waals surface area contributed by atoms with Gasteiger partial charge in [-0.05, 0) is 24.3 Å². The fourth-order valence-electron chi connectivity index (χ4n) is 1.72. The lowest BCUT2D eigenvalue weighted by Crippen LogP contribution is -2.22. The van der Waals surface area contributed by atoms with Crippen molar-refractivity contribution in [2.75, 3.05) is 5.32 Å². The van der Waals surface area contributed by atoms with Crippen LogP contribution in [0.15, 0.2) is 24.3 Å². The molecule has 0 aliphatic rings. The van der Waals surface area contributed by atoms with Crippen LogP contribution in [0.3, 0.4) is 0 Å². The summed E-state index contributed by atoms with van der Waals surface area (Å²) < 4.78 is 0. The number of anilines is 1. The molecule has 6 N–H and O–H groups in total. The third-order valence-electron chi connectivity index (χ3n) is 2.55. The van der Waals surface area contributed by atoms with Crippen LogP contribution in [0.4, 0.5) is 10.6 Å². The molecule has 2 rings (SSSR count). The van der Waals surface area contributed by atoms with Gasteiger partial charge in [-0.25, -0.2) is 4.79 Å². The Bertz CT molecular complexity index is 697. The lowest BCUT2D eigenvalue weighted by atomic mass is 10.1. The quantitative estimate of drug-likeness (QED) is 0.697. The lowest BCUT2D eigenvalue weighted by molar-refractivity contribution is 0.100. The summed E-state index contributed by atoms with van der Waals surface area (Å²) in [6.45, 7) is 0. The highest BCUT2D eigenvalue weighted by Gasteiger charge is 2.16. The second kappa shape index (κ2) is 5.44. The summed E-state index contributed by atoms with van der Waals surface area (Å²) in [5, 5.41) is 3.19. The standard InChI is InChI=1S/C12H10Cl2N4O2/c13-5-1-2-8(14)6(3-5)9-4-7(10(15)19)11(17-9)18-12(16)20/h1-4,17H,(H2,15,19)(H3,16,18,20). The third-order valence-corrected chi connectivity index (χ3v) is 3.11. The molecule has 0 spiro atoms. The number of amides is 3. The minimum absolute atomic E-state index is 0.0924. The number of hydrogen-bond acceptors (Lipinski definition) is 2. The first-order valence-electron chi connectivity index (χ1n) is 5.43. The number of carbonyl (C=O) groups excluding carboxylic acids is 2. The Labute approximate surface area is 124 Å². The molecule has 6 nitrogen and oxygen atoms in total. The van der Waals surface area contributed by atoms with Gasteiger partial charge in [0.2, 0.25) is 0 Å². The van der Waals surface area contributed by atoms with E-state index in [9.17, 15) is 9.59 Å². The van der Waals surface area contributed by atoms with Crippen LogP contribution in [-0.4, -0.2) is 16.9 Å². The van der Waals surface area contributed by atoms with Gasteiger partial charge in [-0.2, -0.15) is 0 Å². The molecule has 1 aromatic heterocycles. The Morgan fingerprint density at radius 3 is 2.45 bits per heavy atom. The Balaban J connectivity index is 2.55. The SMILES string of the molecule is NC(=O)Nc1[nH]c(-c2cc(Cl)ccc2Cl)cc1C(N)=O. The molecular weight excluding hydrogens is 303 g/mol. The van der Waals surface area contributed by atoms with Gasteiger partial charge in [0.15, 0.2) is 0 Å². The highest BCUT2D eigenvalue weighted by atomic mass is 35.5. The number of benzene rings is 1. The van der Waals surface area contributed by atoms with E-state index in [1.807, 2.05) is 0 Å². The van der Waals surface area contributed by atoms with Crippen molar-refractivity contribution in [2.24, 2.45) is 11.5 Å². The predicted octanol–water partition coefficient (Wildman–Crippen LogP) is 2.58. The van der Waals surface area contributed by atoms with E-state index in [1.165, 1.54) is 6.07 Å². The fraction of sp³-hybridized carbons (Fsp3) is 0. The normalized spacial score (nSPS) is 10.3. The topological polar surface area (TPSA) is 114 Å². The van der Waals surface area contributed by atoms with Crippen LogP contribution in [0.5, 0.6) is 0 Å². The van der Waals surface area contributed by atoms with E-state index in [2.05, 4.69) is 10.3 Å². The van der Waals surface area contributed by atoms with Crippen LogP contribution in [0.25, 0.3) is 11.3 Å². The molecule has 0 aliphatic heterocycles. The number of hydrogen-bond donors (Lipinski definition) is 4. The van der Waals surface area contributed by atoms with Crippen molar-refractivity contribution in [3.63, 3.8) is 0 Å². The molecule has 3 amide bonds. The molecule has 0 fully saturated rings. The first-order valence-corrected chi connectivity index (χ1v) is 6.18. The number of nitrogens with two attached hydrogens (primary N) is 2. The number of aromatic amines is 1. The Hall–Kier alpha value is -2.18. The Morgan fingerprint density at radius 1 is 1.15 bits per heavy atom. The van der Waals surface area contributed by atoms with Crippen molar-refractivity contribution in [3.8, 4) is 11.3 Å². The molecule has 0 radical (unpaired) electrons. The maximum absolute atomic E-state index is 11.4. The van der Waals surface area contributed by atoms with Gasteiger partial charge in [-0.15, -0.1) is 0 Å². The number of nitrogens with one attached hydrogen (secondary N) is 2. The monoisotopic (exact) mass is 312 g/mol. The smallest absolute Gasteiger partial charge is 0.317 e. The van der Waals surface area contributed by atoms with Crippen LogP contribution >= 0.6 is 23.2 Å². The summed E-state index contributed by atoms with van der Waals surface area (Å²) in [7, 11) is 0. The summed E-state index contributed by atoms with van der Waals surface area (Å²) in [5.41, 5.74) is 11.4. The van der Waals surface area contributed by atoms with Crippen molar-refractivity contribution < 1.29 is 9.59 Å². The number of carbonyl (C=O) groups is 2. The second-order valence-corrected chi connectivity index (χ2v) is 4.79. The van der Waals surface area contributed by atoms with Crippen molar-refractivity contribution in [2.45, 2.75) is 0 Å². The molecule has 0 saturated carbocycles. The van der Waals surface area contributed by atoms with Gasteiger partial charge < -0.3 is 16.5 Å². The first kappa shape index (κ1) is 14.2. The zero-order chi connectivity index (χ0) is 14.9. The van der Waals surface area contributed by atoms with Gasteiger partial charge >= 0.3 is 6.03 Å². The van der Waals surface area contributed by atoms with Crippen LogP contribution in [0.1, 0.15) is 10.4 Å². The predicted molar refractivity (Wildman–Crippen MR) is 78.0 cm³/mol.